The second kappa shape index (κ2) is 8.41. The Kier molecular flexibility index (Phi) is 5.71. The summed E-state index contributed by atoms with van der Waals surface area (Å²) >= 11 is 1.57. The number of carbonyl (C=O) groups is 2. The number of thiazole rings is 1. The fourth-order valence-corrected chi connectivity index (χ4v) is 4.78. The highest BCUT2D eigenvalue weighted by atomic mass is 32.1. The van der Waals surface area contributed by atoms with Gasteiger partial charge in [0.1, 0.15) is 6.61 Å². The number of carbonyl (C=O) groups excluding carboxylic acids is 2. The highest BCUT2D eigenvalue weighted by Crippen LogP contribution is 2.33. The fraction of sp³-hybridized carbons (Fsp3) is 0.476. The number of fused-ring (bicyclic) bond motifs is 1. The monoisotopic (exact) mass is 414 g/mol. The van der Waals surface area contributed by atoms with Crippen LogP contribution in [0.3, 0.4) is 0 Å². The van der Waals surface area contributed by atoms with Gasteiger partial charge in [0.25, 0.3) is 0 Å². The first-order chi connectivity index (χ1) is 14.0. The fourth-order valence-electron chi connectivity index (χ4n) is 3.90. The van der Waals surface area contributed by atoms with E-state index in [1.807, 2.05) is 48.4 Å². The maximum absolute atomic E-state index is 12.4. The van der Waals surface area contributed by atoms with E-state index in [0.29, 0.717) is 13.0 Å². The molecule has 1 fully saturated rings. The van der Waals surface area contributed by atoms with E-state index in [9.17, 15) is 9.59 Å². The quantitative estimate of drug-likeness (QED) is 0.812. The third-order valence-corrected chi connectivity index (χ3v) is 6.18. The average Bonchev–Trinajstić information content (AvgIpc) is 3.16. The lowest BCUT2D eigenvalue weighted by Gasteiger charge is -2.40. The molecule has 154 valence electrons. The number of hydrogen-bond acceptors (Lipinski definition) is 6. The zero-order valence-electron chi connectivity index (χ0n) is 16.8. The molecule has 0 radical (unpaired) electrons. The molecule has 1 aromatic heterocycles. The van der Waals surface area contributed by atoms with Crippen molar-refractivity contribution in [3.8, 4) is 0 Å². The Balaban J connectivity index is 1.38. The highest BCUT2D eigenvalue weighted by Gasteiger charge is 2.34. The van der Waals surface area contributed by atoms with Gasteiger partial charge in [-0.2, -0.15) is 0 Å². The van der Waals surface area contributed by atoms with Crippen molar-refractivity contribution in [2.45, 2.75) is 51.8 Å². The van der Waals surface area contributed by atoms with Crippen molar-refractivity contribution in [2.24, 2.45) is 0 Å². The van der Waals surface area contributed by atoms with Crippen LogP contribution in [0.25, 0.3) is 0 Å². The smallest absolute Gasteiger partial charge is 0.414 e. The van der Waals surface area contributed by atoms with Crippen molar-refractivity contribution >= 4 is 34.2 Å². The molecule has 2 aliphatic heterocycles. The number of hydrogen-bond donors (Lipinski definition) is 1. The van der Waals surface area contributed by atoms with Gasteiger partial charge in [-0.05, 0) is 32.8 Å². The molecule has 0 spiro atoms. The predicted molar refractivity (Wildman–Crippen MR) is 113 cm³/mol. The molecular weight excluding hydrogens is 388 g/mol. The Labute approximate surface area is 174 Å². The number of piperidine rings is 1. The van der Waals surface area contributed by atoms with Gasteiger partial charge in [-0.15, -0.1) is 11.3 Å². The number of amides is 2. The Morgan fingerprint density at radius 1 is 1.31 bits per heavy atom. The van der Waals surface area contributed by atoms with Crippen molar-refractivity contribution in [3.05, 3.63) is 40.9 Å². The molecule has 0 unspecified atom stereocenters. The molecule has 4 rings (SSSR count). The molecule has 2 amide bonds. The average molecular weight is 415 g/mol. The van der Waals surface area contributed by atoms with Crippen LogP contribution in [-0.4, -0.2) is 42.2 Å². The number of cyclic esters (lactones) is 1. The number of nitrogens with one attached hydrogen (secondary N) is 1. The minimum Gasteiger partial charge on any atom is -0.444 e. The molecule has 8 heteroatoms. The molecule has 2 aliphatic rings. The lowest BCUT2D eigenvalue weighted by Crippen LogP contribution is -2.49. The van der Waals surface area contributed by atoms with Crippen molar-refractivity contribution in [2.75, 3.05) is 22.9 Å². The molecule has 2 aromatic rings. The van der Waals surface area contributed by atoms with E-state index in [0.717, 1.165) is 48.0 Å². The number of rotatable bonds is 5. The molecule has 7 nitrogen and oxygen atoms in total. The second-order valence-corrected chi connectivity index (χ2v) is 8.63. The molecule has 0 saturated carbocycles. The summed E-state index contributed by atoms with van der Waals surface area (Å²) in [7, 11) is 0. The standard InChI is InChI=1S/C21H26N4O3S/c1-14(2)22-19(26)11-16-13-29-20(23-16)24-9-7-17(8-10-24)25-18-6-4-3-5-15(18)12-28-21(25)27/h3-6,13-14,17H,7-12H2,1-2H3,(H,22,26). The molecule has 0 bridgehead atoms. The van der Waals surface area contributed by atoms with E-state index in [-0.39, 0.29) is 24.1 Å². The van der Waals surface area contributed by atoms with Gasteiger partial charge in [-0.1, -0.05) is 18.2 Å². The first kappa shape index (κ1) is 19.7. The van der Waals surface area contributed by atoms with Gasteiger partial charge in [0.2, 0.25) is 5.91 Å². The largest absolute Gasteiger partial charge is 0.444 e. The van der Waals surface area contributed by atoms with Gasteiger partial charge in [0, 0.05) is 36.1 Å². The Morgan fingerprint density at radius 3 is 2.83 bits per heavy atom. The number of nitrogens with zero attached hydrogens (tertiary/aromatic N) is 3. The summed E-state index contributed by atoms with van der Waals surface area (Å²) < 4.78 is 5.37. The van der Waals surface area contributed by atoms with E-state index in [1.54, 1.807) is 11.3 Å². The number of benzene rings is 1. The zero-order valence-corrected chi connectivity index (χ0v) is 17.6. The zero-order chi connectivity index (χ0) is 20.4. The Morgan fingerprint density at radius 2 is 2.07 bits per heavy atom. The Hall–Kier alpha value is -2.61. The minimum absolute atomic E-state index is 0.00201. The van der Waals surface area contributed by atoms with Crippen LogP contribution < -0.4 is 15.1 Å². The number of para-hydroxylation sites is 1. The van der Waals surface area contributed by atoms with Crippen LogP contribution in [0.4, 0.5) is 15.6 Å². The topological polar surface area (TPSA) is 74.8 Å². The van der Waals surface area contributed by atoms with Gasteiger partial charge in [0.15, 0.2) is 5.13 Å². The van der Waals surface area contributed by atoms with Crippen molar-refractivity contribution in [3.63, 3.8) is 0 Å². The highest BCUT2D eigenvalue weighted by molar-refractivity contribution is 7.13. The maximum atomic E-state index is 12.4. The van der Waals surface area contributed by atoms with Crippen LogP contribution in [0, 0.1) is 0 Å². The number of ether oxygens (including phenoxy) is 1. The molecule has 1 aromatic carbocycles. The third-order valence-electron chi connectivity index (χ3n) is 5.23. The minimum atomic E-state index is -0.255. The Bertz CT molecular complexity index is 890. The third kappa shape index (κ3) is 4.37. The number of aromatic nitrogens is 1. The van der Waals surface area contributed by atoms with Crippen molar-refractivity contribution in [1.29, 1.82) is 0 Å². The number of anilines is 2. The summed E-state index contributed by atoms with van der Waals surface area (Å²) in [6.07, 6.45) is 1.76. The second-order valence-electron chi connectivity index (χ2n) is 7.79. The first-order valence-electron chi connectivity index (χ1n) is 10.0. The van der Waals surface area contributed by atoms with Crippen LogP contribution in [0.15, 0.2) is 29.6 Å². The summed E-state index contributed by atoms with van der Waals surface area (Å²) in [4.78, 5) is 33.1. The lowest BCUT2D eigenvalue weighted by molar-refractivity contribution is -0.120. The van der Waals surface area contributed by atoms with Gasteiger partial charge in [-0.25, -0.2) is 9.78 Å². The summed E-state index contributed by atoms with van der Waals surface area (Å²) in [6, 6.07) is 8.20. The van der Waals surface area contributed by atoms with Crippen LogP contribution in [0.2, 0.25) is 0 Å². The lowest BCUT2D eigenvalue weighted by atomic mass is 10.0. The molecular formula is C21H26N4O3S. The molecule has 29 heavy (non-hydrogen) atoms. The molecule has 0 atom stereocenters. The maximum Gasteiger partial charge on any atom is 0.414 e. The molecule has 1 saturated heterocycles. The summed E-state index contributed by atoms with van der Waals surface area (Å²) in [5.41, 5.74) is 2.83. The van der Waals surface area contributed by atoms with E-state index in [1.165, 1.54) is 0 Å². The predicted octanol–water partition coefficient (Wildman–Crippen LogP) is 3.34. The van der Waals surface area contributed by atoms with Crippen molar-refractivity contribution in [1.82, 2.24) is 10.3 Å². The van der Waals surface area contributed by atoms with Crippen molar-refractivity contribution < 1.29 is 14.3 Å². The SMILES string of the molecule is CC(C)NC(=O)Cc1csc(N2CCC(N3C(=O)OCc4ccccc43)CC2)n1. The molecule has 0 aliphatic carbocycles. The van der Waals surface area contributed by atoms with E-state index in [4.69, 9.17) is 4.74 Å². The van der Waals surface area contributed by atoms with E-state index >= 15 is 0 Å². The summed E-state index contributed by atoms with van der Waals surface area (Å²) in [5, 5.41) is 5.80. The van der Waals surface area contributed by atoms with Gasteiger partial charge in [0.05, 0.1) is 17.8 Å². The van der Waals surface area contributed by atoms with Crippen LogP contribution >= 0.6 is 11.3 Å². The summed E-state index contributed by atoms with van der Waals surface area (Å²) in [6.45, 7) is 5.89. The van der Waals surface area contributed by atoms with Crippen LogP contribution in [0.5, 0.6) is 0 Å². The first-order valence-corrected chi connectivity index (χ1v) is 10.9. The van der Waals surface area contributed by atoms with Gasteiger partial charge in [-0.3, -0.25) is 9.69 Å². The van der Waals surface area contributed by atoms with Gasteiger partial charge < -0.3 is 15.0 Å². The summed E-state index contributed by atoms with van der Waals surface area (Å²) in [5.74, 6) is -0.00201. The molecule has 3 heterocycles. The molecule has 1 N–H and O–H groups in total. The van der Waals surface area contributed by atoms with Gasteiger partial charge >= 0.3 is 6.09 Å². The van der Waals surface area contributed by atoms with E-state index < -0.39 is 0 Å². The van der Waals surface area contributed by atoms with Crippen LogP contribution in [0.1, 0.15) is 37.9 Å². The van der Waals surface area contributed by atoms with E-state index in [2.05, 4.69) is 15.2 Å². The van der Waals surface area contributed by atoms with Crippen LogP contribution in [-0.2, 0) is 22.6 Å². The normalized spacial score (nSPS) is 17.3.